The summed E-state index contributed by atoms with van der Waals surface area (Å²) >= 11 is 0. The number of carbonyl (C=O) groups is 3. The van der Waals surface area contributed by atoms with Gasteiger partial charge in [-0.25, -0.2) is 0 Å². The van der Waals surface area contributed by atoms with Gasteiger partial charge in [-0.3, -0.25) is 14.4 Å². The third kappa shape index (κ3) is 11.2. The number of nitrogens with one attached hydrogen (secondary N) is 1. The minimum Gasteiger partial charge on any atom is -0.463 e. The molecule has 1 aromatic rings. The second kappa shape index (κ2) is 14.5. The third-order valence-corrected chi connectivity index (χ3v) is 5.41. The molecule has 0 fully saturated rings. The van der Waals surface area contributed by atoms with Gasteiger partial charge in [0.2, 0.25) is 5.91 Å². The Bertz CT molecular complexity index is 700. The predicted octanol–water partition coefficient (Wildman–Crippen LogP) is 4.03. The molecule has 0 saturated heterocycles. The number of aryl methyl sites for hydroxylation is 1. The van der Waals surface area contributed by atoms with Gasteiger partial charge in [-0.1, -0.05) is 44.7 Å². The molecule has 0 atom stereocenters. The van der Waals surface area contributed by atoms with E-state index in [9.17, 15) is 14.4 Å². The molecule has 0 aliphatic heterocycles. The van der Waals surface area contributed by atoms with Crippen LogP contribution in [-0.4, -0.2) is 50.2 Å². The highest BCUT2D eigenvalue weighted by molar-refractivity contribution is 5.74. The van der Waals surface area contributed by atoms with Crippen molar-refractivity contribution in [1.29, 1.82) is 0 Å². The Hall–Kier alpha value is -2.57. The molecule has 7 nitrogen and oxygen atoms in total. The molecule has 0 unspecified atom stereocenters. The quantitative estimate of drug-likeness (QED) is 0.322. The average molecular weight is 449 g/mol. The summed E-state index contributed by atoms with van der Waals surface area (Å²) in [7, 11) is 2.11. The number of hydrogen-bond donors (Lipinski definition) is 1. The van der Waals surface area contributed by atoms with E-state index < -0.39 is 17.5 Å². The predicted molar refractivity (Wildman–Crippen MR) is 127 cm³/mol. The molecule has 1 aromatic carbocycles. The maximum absolute atomic E-state index is 11.8. The monoisotopic (exact) mass is 448 g/mol. The van der Waals surface area contributed by atoms with E-state index in [1.165, 1.54) is 52.9 Å². The topological polar surface area (TPSA) is 84.9 Å². The van der Waals surface area contributed by atoms with E-state index in [1.54, 1.807) is 0 Å². The first-order valence-electron chi connectivity index (χ1n) is 11.5. The molecule has 0 bridgehead atoms. The molecule has 0 spiro atoms. The molecule has 180 valence electrons. The lowest BCUT2D eigenvalue weighted by atomic mass is 9.92. The number of rotatable bonds is 15. The summed E-state index contributed by atoms with van der Waals surface area (Å²) in [6, 6.07) is 8.33. The van der Waals surface area contributed by atoms with Crippen LogP contribution in [0.3, 0.4) is 0 Å². The van der Waals surface area contributed by atoms with Gasteiger partial charge in [0.05, 0.1) is 0 Å². The highest BCUT2D eigenvalue weighted by atomic mass is 16.5. The second-order valence-corrected chi connectivity index (χ2v) is 8.52. The Morgan fingerprint density at radius 3 is 1.97 bits per heavy atom. The summed E-state index contributed by atoms with van der Waals surface area (Å²) in [5, 5.41) is 2.84. The summed E-state index contributed by atoms with van der Waals surface area (Å²) in [5.41, 5.74) is 1.28. The molecule has 1 rings (SSSR count). The van der Waals surface area contributed by atoms with Gasteiger partial charge in [-0.15, -0.1) is 0 Å². The fourth-order valence-electron chi connectivity index (χ4n) is 3.56. The first-order chi connectivity index (χ1) is 15.2. The summed E-state index contributed by atoms with van der Waals surface area (Å²) in [5.74, 6) is -1.19. The number of unbranched alkanes of at least 4 members (excludes halogenated alkanes) is 4. The van der Waals surface area contributed by atoms with Crippen molar-refractivity contribution in [1.82, 2.24) is 5.32 Å². The van der Waals surface area contributed by atoms with Crippen LogP contribution < -0.4 is 10.2 Å². The van der Waals surface area contributed by atoms with E-state index in [-0.39, 0.29) is 19.1 Å². The normalized spacial score (nSPS) is 11.0. The molecular weight excluding hydrogens is 408 g/mol. The standard InChI is InChI=1S/C25H40N2O5/c1-6-7-8-9-10-17-27(5)24-13-11-23(12-14-24)15-16-25(26-20(2)28,18-31-21(3)29)19-32-22(4)30/h11-14H,6-10,15-19H2,1-5H3,(H,26,28). The van der Waals surface area contributed by atoms with Crippen molar-refractivity contribution >= 4 is 23.5 Å². The summed E-state index contributed by atoms with van der Waals surface area (Å²) in [4.78, 5) is 36.8. The number of hydrogen-bond acceptors (Lipinski definition) is 6. The van der Waals surface area contributed by atoms with Gasteiger partial charge in [0.25, 0.3) is 0 Å². The Morgan fingerprint density at radius 2 is 1.47 bits per heavy atom. The van der Waals surface area contributed by atoms with Crippen LogP contribution in [0.25, 0.3) is 0 Å². The van der Waals surface area contributed by atoms with Gasteiger partial charge < -0.3 is 19.7 Å². The van der Waals surface area contributed by atoms with Crippen LogP contribution in [0.5, 0.6) is 0 Å². The highest BCUT2D eigenvalue weighted by Gasteiger charge is 2.34. The number of amides is 1. The number of anilines is 1. The van der Waals surface area contributed by atoms with Crippen LogP contribution in [-0.2, 0) is 30.3 Å². The van der Waals surface area contributed by atoms with E-state index in [0.29, 0.717) is 12.8 Å². The zero-order valence-electron chi connectivity index (χ0n) is 20.4. The maximum atomic E-state index is 11.8. The molecule has 0 heterocycles. The van der Waals surface area contributed by atoms with Crippen LogP contribution in [0.1, 0.15) is 71.8 Å². The van der Waals surface area contributed by atoms with Crippen molar-refractivity contribution in [2.24, 2.45) is 0 Å². The SMILES string of the molecule is CCCCCCCN(C)c1ccc(CCC(COC(C)=O)(COC(C)=O)NC(C)=O)cc1. The van der Waals surface area contributed by atoms with E-state index in [0.717, 1.165) is 17.8 Å². The van der Waals surface area contributed by atoms with Crippen LogP contribution in [0.15, 0.2) is 24.3 Å². The van der Waals surface area contributed by atoms with E-state index in [1.807, 2.05) is 0 Å². The smallest absolute Gasteiger partial charge is 0.302 e. The van der Waals surface area contributed by atoms with Gasteiger partial charge in [-0.2, -0.15) is 0 Å². The van der Waals surface area contributed by atoms with Crippen molar-refractivity contribution in [2.75, 3.05) is 31.7 Å². The molecule has 1 amide bonds. The van der Waals surface area contributed by atoms with Gasteiger partial charge >= 0.3 is 11.9 Å². The van der Waals surface area contributed by atoms with Crippen molar-refractivity contribution < 1.29 is 23.9 Å². The molecule has 0 saturated carbocycles. The lowest BCUT2D eigenvalue weighted by Gasteiger charge is -2.33. The van der Waals surface area contributed by atoms with Crippen molar-refractivity contribution in [3.8, 4) is 0 Å². The van der Waals surface area contributed by atoms with Gasteiger partial charge in [0.15, 0.2) is 0 Å². The number of nitrogens with zero attached hydrogens (tertiary/aromatic N) is 1. The Kier molecular flexibility index (Phi) is 12.4. The van der Waals surface area contributed by atoms with Crippen LogP contribution in [0.4, 0.5) is 5.69 Å². The Labute approximate surface area is 192 Å². The Morgan fingerprint density at radius 1 is 0.906 bits per heavy atom. The molecule has 1 N–H and O–H groups in total. The average Bonchev–Trinajstić information content (AvgIpc) is 2.74. The Balaban J connectivity index is 2.77. The zero-order valence-corrected chi connectivity index (χ0v) is 20.4. The minimum atomic E-state index is -0.975. The van der Waals surface area contributed by atoms with E-state index >= 15 is 0 Å². The van der Waals surface area contributed by atoms with Crippen LogP contribution in [0, 0.1) is 0 Å². The van der Waals surface area contributed by atoms with Gasteiger partial charge in [-0.05, 0) is 37.0 Å². The first-order valence-corrected chi connectivity index (χ1v) is 11.5. The molecule has 0 aliphatic carbocycles. The maximum Gasteiger partial charge on any atom is 0.302 e. The second-order valence-electron chi connectivity index (χ2n) is 8.52. The lowest BCUT2D eigenvalue weighted by molar-refractivity contribution is -0.150. The highest BCUT2D eigenvalue weighted by Crippen LogP contribution is 2.20. The number of benzene rings is 1. The summed E-state index contributed by atoms with van der Waals surface area (Å²) < 4.78 is 10.4. The fourth-order valence-corrected chi connectivity index (χ4v) is 3.56. The third-order valence-electron chi connectivity index (χ3n) is 5.41. The lowest BCUT2D eigenvalue weighted by Crippen LogP contribution is -2.55. The van der Waals surface area contributed by atoms with E-state index in [2.05, 4.69) is 48.5 Å². The molecular formula is C25H40N2O5. The molecule has 0 aromatic heterocycles. The summed E-state index contributed by atoms with van der Waals surface area (Å²) in [6.45, 7) is 7.14. The summed E-state index contributed by atoms with van der Waals surface area (Å²) in [6.07, 6.45) is 7.37. The van der Waals surface area contributed by atoms with Crippen molar-refractivity contribution in [3.05, 3.63) is 29.8 Å². The fraction of sp³-hybridized carbons (Fsp3) is 0.640. The number of carbonyl (C=O) groups excluding carboxylic acids is 3. The first kappa shape index (κ1) is 27.5. The minimum absolute atomic E-state index is 0.0615. The van der Waals surface area contributed by atoms with Crippen LogP contribution in [0.2, 0.25) is 0 Å². The molecule has 7 heteroatoms. The van der Waals surface area contributed by atoms with Crippen LogP contribution >= 0.6 is 0 Å². The molecule has 32 heavy (non-hydrogen) atoms. The molecule has 0 aliphatic rings. The largest absolute Gasteiger partial charge is 0.463 e. The van der Waals surface area contributed by atoms with Gasteiger partial charge in [0, 0.05) is 40.1 Å². The molecule has 0 radical (unpaired) electrons. The number of esters is 2. The van der Waals surface area contributed by atoms with E-state index in [4.69, 9.17) is 9.47 Å². The number of ether oxygens (including phenoxy) is 2. The zero-order chi connectivity index (χ0) is 24.0. The van der Waals surface area contributed by atoms with Gasteiger partial charge in [0.1, 0.15) is 18.8 Å². The van der Waals surface area contributed by atoms with Crippen molar-refractivity contribution in [2.45, 2.75) is 78.2 Å². The van der Waals surface area contributed by atoms with Crippen molar-refractivity contribution in [3.63, 3.8) is 0 Å².